The van der Waals surface area contributed by atoms with Gasteiger partial charge in [0.1, 0.15) is 0 Å². The van der Waals surface area contributed by atoms with Crippen LogP contribution in [0.15, 0.2) is 25.3 Å². The largest absolute Gasteiger partial charge is 0.334 e. The second-order valence-corrected chi connectivity index (χ2v) is 3.53. The van der Waals surface area contributed by atoms with E-state index in [1.807, 2.05) is 0 Å². The molecule has 0 aromatic carbocycles. The molecule has 3 nitrogen and oxygen atoms in total. The third-order valence-electron chi connectivity index (χ3n) is 2.17. The number of rotatable bonds is 7. The Balaban J connectivity index is 2.27. The zero-order chi connectivity index (χ0) is 10.4. The lowest BCUT2D eigenvalue weighted by Gasteiger charge is -2.19. The van der Waals surface area contributed by atoms with Crippen molar-refractivity contribution in [2.75, 3.05) is 19.6 Å². The Bertz CT molecular complexity index is 211. The Labute approximate surface area is 85.5 Å². The molecule has 1 amide bonds. The topological polar surface area (TPSA) is 32.3 Å². The number of hydrogen-bond donors (Lipinski definition) is 1. The van der Waals surface area contributed by atoms with Crippen LogP contribution < -0.4 is 5.32 Å². The van der Waals surface area contributed by atoms with Crippen LogP contribution in [0.4, 0.5) is 0 Å². The molecule has 14 heavy (non-hydrogen) atoms. The zero-order valence-electron chi connectivity index (χ0n) is 8.54. The lowest BCUT2D eigenvalue weighted by molar-refractivity contribution is -0.129. The van der Waals surface area contributed by atoms with Gasteiger partial charge >= 0.3 is 0 Å². The summed E-state index contributed by atoms with van der Waals surface area (Å²) in [7, 11) is 0. The number of nitrogens with zero attached hydrogens (tertiary/aromatic N) is 1. The van der Waals surface area contributed by atoms with Crippen molar-refractivity contribution in [2.45, 2.75) is 18.9 Å². The Kier molecular flexibility index (Phi) is 4.40. The molecule has 0 saturated heterocycles. The molecule has 1 fully saturated rings. The first-order chi connectivity index (χ1) is 6.77. The van der Waals surface area contributed by atoms with Gasteiger partial charge in [-0.2, -0.15) is 0 Å². The predicted molar refractivity (Wildman–Crippen MR) is 58.0 cm³/mol. The summed E-state index contributed by atoms with van der Waals surface area (Å²) in [5.41, 5.74) is 0. The van der Waals surface area contributed by atoms with Crippen LogP contribution in [0.1, 0.15) is 12.8 Å². The molecule has 3 heteroatoms. The van der Waals surface area contributed by atoms with E-state index in [1.165, 1.54) is 12.8 Å². The van der Waals surface area contributed by atoms with Gasteiger partial charge in [0, 0.05) is 19.1 Å². The minimum Gasteiger partial charge on any atom is -0.334 e. The number of carbonyl (C=O) groups is 1. The van der Waals surface area contributed by atoms with E-state index in [2.05, 4.69) is 18.5 Å². The Morgan fingerprint density at radius 2 is 1.93 bits per heavy atom. The highest BCUT2D eigenvalue weighted by Gasteiger charge is 2.22. The van der Waals surface area contributed by atoms with Crippen LogP contribution >= 0.6 is 0 Å². The van der Waals surface area contributed by atoms with E-state index in [0.29, 0.717) is 25.7 Å². The van der Waals surface area contributed by atoms with Crippen LogP contribution in [0.3, 0.4) is 0 Å². The molecule has 0 aliphatic heterocycles. The highest BCUT2D eigenvalue weighted by molar-refractivity contribution is 5.78. The van der Waals surface area contributed by atoms with Crippen molar-refractivity contribution in [1.29, 1.82) is 0 Å². The molecule has 0 atom stereocenters. The van der Waals surface area contributed by atoms with Crippen LogP contribution in [0.25, 0.3) is 0 Å². The summed E-state index contributed by atoms with van der Waals surface area (Å²) in [6.45, 7) is 8.87. The molecular formula is C11H18N2O. The summed E-state index contributed by atoms with van der Waals surface area (Å²) in [4.78, 5) is 13.4. The first-order valence-electron chi connectivity index (χ1n) is 5.01. The summed E-state index contributed by atoms with van der Waals surface area (Å²) in [5, 5.41) is 3.19. The maximum absolute atomic E-state index is 11.6. The fourth-order valence-electron chi connectivity index (χ4n) is 1.22. The van der Waals surface area contributed by atoms with Gasteiger partial charge in [-0.3, -0.25) is 4.79 Å². The van der Waals surface area contributed by atoms with Crippen LogP contribution in [-0.4, -0.2) is 36.5 Å². The monoisotopic (exact) mass is 194 g/mol. The molecule has 0 unspecified atom stereocenters. The molecule has 1 saturated carbocycles. The number of carbonyl (C=O) groups excluding carboxylic acids is 1. The molecule has 1 aliphatic rings. The third-order valence-corrected chi connectivity index (χ3v) is 2.17. The fraction of sp³-hybridized carbons (Fsp3) is 0.545. The van der Waals surface area contributed by atoms with E-state index in [4.69, 9.17) is 0 Å². The van der Waals surface area contributed by atoms with Crippen LogP contribution in [0.5, 0.6) is 0 Å². The van der Waals surface area contributed by atoms with E-state index in [0.717, 1.165) is 0 Å². The van der Waals surface area contributed by atoms with Gasteiger partial charge in [0.25, 0.3) is 0 Å². The highest BCUT2D eigenvalue weighted by Crippen LogP contribution is 2.18. The van der Waals surface area contributed by atoms with Crippen LogP contribution in [0, 0.1) is 0 Å². The van der Waals surface area contributed by atoms with Gasteiger partial charge in [0.05, 0.1) is 6.54 Å². The van der Waals surface area contributed by atoms with Crippen molar-refractivity contribution < 1.29 is 4.79 Å². The quantitative estimate of drug-likeness (QED) is 0.612. The minimum absolute atomic E-state index is 0.122. The number of nitrogens with one attached hydrogen (secondary N) is 1. The number of amides is 1. The van der Waals surface area contributed by atoms with Gasteiger partial charge in [-0.15, -0.1) is 13.2 Å². The summed E-state index contributed by atoms with van der Waals surface area (Å²) in [6, 6.07) is 0.577. The molecule has 0 spiro atoms. The molecule has 0 aromatic heterocycles. The van der Waals surface area contributed by atoms with Gasteiger partial charge < -0.3 is 10.2 Å². The lowest BCUT2D eigenvalue weighted by atomic mass is 10.4. The molecule has 78 valence electrons. The van der Waals surface area contributed by atoms with E-state index in [9.17, 15) is 4.79 Å². The summed E-state index contributed by atoms with van der Waals surface area (Å²) in [6.07, 6.45) is 5.88. The molecule has 0 bridgehead atoms. The van der Waals surface area contributed by atoms with Crippen molar-refractivity contribution in [2.24, 2.45) is 0 Å². The zero-order valence-corrected chi connectivity index (χ0v) is 8.54. The molecule has 0 aromatic rings. The van der Waals surface area contributed by atoms with E-state index < -0.39 is 0 Å². The van der Waals surface area contributed by atoms with Gasteiger partial charge in [-0.05, 0) is 12.8 Å². The second-order valence-electron chi connectivity index (χ2n) is 3.53. The molecule has 0 heterocycles. The first kappa shape index (κ1) is 11.0. The lowest BCUT2D eigenvalue weighted by Crippen LogP contribution is -2.39. The van der Waals surface area contributed by atoms with E-state index in [-0.39, 0.29) is 5.91 Å². The SMILES string of the molecule is C=CCN(CC=C)C(=O)CNC1CC1. The van der Waals surface area contributed by atoms with Gasteiger partial charge in [0.15, 0.2) is 0 Å². The molecule has 1 rings (SSSR count). The Morgan fingerprint density at radius 3 is 2.36 bits per heavy atom. The summed E-state index contributed by atoms with van der Waals surface area (Å²) >= 11 is 0. The smallest absolute Gasteiger partial charge is 0.237 e. The Morgan fingerprint density at radius 1 is 1.36 bits per heavy atom. The second kappa shape index (κ2) is 5.60. The standard InChI is InChI=1S/C11H18N2O/c1-3-7-13(8-4-2)11(14)9-12-10-5-6-10/h3-4,10,12H,1-2,5-9H2. The molecule has 0 radical (unpaired) electrons. The Hall–Kier alpha value is -1.09. The normalized spacial score (nSPS) is 14.9. The number of hydrogen-bond acceptors (Lipinski definition) is 2. The van der Waals surface area contributed by atoms with Crippen LogP contribution in [0.2, 0.25) is 0 Å². The van der Waals surface area contributed by atoms with Crippen LogP contribution in [-0.2, 0) is 4.79 Å². The highest BCUT2D eigenvalue weighted by atomic mass is 16.2. The summed E-state index contributed by atoms with van der Waals surface area (Å²) < 4.78 is 0. The van der Waals surface area contributed by atoms with Crippen molar-refractivity contribution in [3.63, 3.8) is 0 Å². The third kappa shape index (κ3) is 3.75. The molecule has 1 N–H and O–H groups in total. The van der Waals surface area contributed by atoms with Crippen molar-refractivity contribution >= 4 is 5.91 Å². The average Bonchev–Trinajstić information content (AvgIpc) is 2.97. The van der Waals surface area contributed by atoms with Crippen molar-refractivity contribution in [3.05, 3.63) is 25.3 Å². The van der Waals surface area contributed by atoms with Gasteiger partial charge in [-0.1, -0.05) is 12.2 Å². The van der Waals surface area contributed by atoms with E-state index >= 15 is 0 Å². The molecular weight excluding hydrogens is 176 g/mol. The van der Waals surface area contributed by atoms with E-state index in [1.54, 1.807) is 17.1 Å². The van der Waals surface area contributed by atoms with Crippen molar-refractivity contribution in [1.82, 2.24) is 10.2 Å². The van der Waals surface area contributed by atoms with Gasteiger partial charge in [-0.25, -0.2) is 0 Å². The first-order valence-corrected chi connectivity index (χ1v) is 5.01. The minimum atomic E-state index is 0.122. The average molecular weight is 194 g/mol. The maximum Gasteiger partial charge on any atom is 0.237 e. The predicted octanol–water partition coefficient (Wildman–Crippen LogP) is 0.939. The maximum atomic E-state index is 11.6. The fourth-order valence-corrected chi connectivity index (χ4v) is 1.22. The summed E-state index contributed by atoms with van der Waals surface area (Å²) in [5.74, 6) is 0.122. The van der Waals surface area contributed by atoms with Crippen molar-refractivity contribution in [3.8, 4) is 0 Å². The van der Waals surface area contributed by atoms with Gasteiger partial charge in [0.2, 0.25) is 5.91 Å². The molecule has 1 aliphatic carbocycles.